The quantitative estimate of drug-likeness (QED) is 0.490. The second-order valence-corrected chi connectivity index (χ2v) is 6.98. The largest absolute Gasteiger partial charge is 0.493 e. The molecule has 26 heavy (non-hydrogen) atoms. The minimum absolute atomic E-state index is 0.177. The van der Waals surface area contributed by atoms with Gasteiger partial charge >= 0.3 is 0 Å². The first-order valence-electron chi connectivity index (χ1n) is 7.32. The molecular weight excluding hydrogens is 470 g/mol. The third-order valence-corrected chi connectivity index (χ3v) is 4.73. The SMILES string of the molecule is COc1ccc(C(=O)N=Nc2c(O)[nH]c3c(Br)cc(Br)cc23)cc1OC. The molecule has 0 aliphatic carbocycles. The molecular formula is C17H13Br2N3O4. The van der Waals surface area contributed by atoms with Gasteiger partial charge < -0.3 is 19.6 Å². The fraction of sp³-hybridized carbons (Fsp3) is 0.118. The predicted octanol–water partition coefficient (Wildman–Crippen LogP) is 5.34. The van der Waals surface area contributed by atoms with Crippen molar-refractivity contribution in [1.29, 1.82) is 0 Å². The Balaban J connectivity index is 1.96. The zero-order chi connectivity index (χ0) is 18.8. The molecule has 0 saturated carbocycles. The molecule has 2 N–H and O–H groups in total. The second-order valence-electron chi connectivity index (χ2n) is 5.21. The molecule has 0 bridgehead atoms. The minimum Gasteiger partial charge on any atom is -0.493 e. The van der Waals surface area contributed by atoms with Gasteiger partial charge in [0.25, 0.3) is 5.91 Å². The molecule has 0 aliphatic rings. The van der Waals surface area contributed by atoms with Gasteiger partial charge in [-0.3, -0.25) is 4.79 Å². The monoisotopic (exact) mass is 481 g/mol. The topological polar surface area (TPSA) is 96.3 Å². The number of aromatic nitrogens is 1. The number of fused-ring (bicyclic) bond motifs is 1. The van der Waals surface area contributed by atoms with Gasteiger partial charge in [-0.2, -0.15) is 0 Å². The summed E-state index contributed by atoms with van der Waals surface area (Å²) < 4.78 is 11.8. The number of carbonyl (C=O) groups excluding carboxylic acids is 1. The van der Waals surface area contributed by atoms with Crippen LogP contribution < -0.4 is 9.47 Å². The molecule has 0 atom stereocenters. The van der Waals surface area contributed by atoms with Crippen molar-refractivity contribution in [1.82, 2.24) is 4.98 Å². The number of azo groups is 1. The average molecular weight is 483 g/mol. The van der Waals surface area contributed by atoms with E-state index < -0.39 is 5.91 Å². The van der Waals surface area contributed by atoms with Crippen LogP contribution in [0.1, 0.15) is 10.4 Å². The Hall–Kier alpha value is -2.39. The Morgan fingerprint density at radius 1 is 1.12 bits per heavy atom. The lowest BCUT2D eigenvalue weighted by Gasteiger charge is -2.07. The highest BCUT2D eigenvalue weighted by Crippen LogP contribution is 2.40. The van der Waals surface area contributed by atoms with Crippen molar-refractivity contribution < 1.29 is 19.4 Å². The van der Waals surface area contributed by atoms with Gasteiger partial charge in [-0.05, 0) is 46.3 Å². The molecule has 7 nitrogen and oxygen atoms in total. The zero-order valence-corrected chi connectivity index (χ0v) is 16.9. The van der Waals surface area contributed by atoms with Crippen LogP contribution in [-0.2, 0) is 0 Å². The van der Waals surface area contributed by atoms with E-state index in [9.17, 15) is 9.90 Å². The number of methoxy groups -OCH3 is 2. The number of halogens is 2. The van der Waals surface area contributed by atoms with Crippen LogP contribution in [0.3, 0.4) is 0 Å². The van der Waals surface area contributed by atoms with E-state index >= 15 is 0 Å². The van der Waals surface area contributed by atoms with Crippen LogP contribution in [0.25, 0.3) is 10.9 Å². The van der Waals surface area contributed by atoms with E-state index in [4.69, 9.17) is 9.47 Å². The van der Waals surface area contributed by atoms with Crippen LogP contribution in [0.5, 0.6) is 17.4 Å². The highest BCUT2D eigenvalue weighted by molar-refractivity contribution is 9.11. The highest BCUT2D eigenvalue weighted by Gasteiger charge is 2.15. The molecule has 0 fully saturated rings. The first kappa shape index (κ1) is 18.4. The van der Waals surface area contributed by atoms with Crippen LogP contribution in [0.15, 0.2) is 49.5 Å². The number of benzene rings is 2. The first-order chi connectivity index (χ1) is 12.4. The van der Waals surface area contributed by atoms with E-state index in [1.165, 1.54) is 20.3 Å². The summed E-state index contributed by atoms with van der Waals surface area (Å²) in [7, 11) is 2.99. The molecule has 0 saturated heterocycles. The zero-order valence-electron chi connectivity index (χ0n) is 13.7. The lowest BCUT2D eigenvalue weighted by molar-refractivity contribution is 0.0994. The molecule has 0 unspecified atom stereocenters. The Morgan fingerprint density at radius 2 is 1.85 bits per heavy atom. The van der Waals surface area contributed by atoms with Crippen molar-refractivity contribution >= 4 is 54.4 Å². The van der Waals surface area contributed by atoms with E-state index in [-0.39, 0.29) is 17.1 Å². The van der Waals surface area contributed by atoms with Crippen molar-refractivity contribution in [3.8, 4) is 17.4 Å². The van der Waals surface area contributed by atoms with Crippen molar-refractivity contribution in [2.45, 2.75) is 0 Å². The normalized spacial score (nSPS) is 11.2. The van der Waals surface area contributed by atoms with E-state index in [0.29, 0.717) is 22.4 Å². The lowest BCUT2D eigenvalue weighted by atomic mass is 10.2. The maximum Gasteiger partial charge on any atom is 0.295 e. The van der Waals surface area contributed by atoms with Crippen molar-refractivity contribution in [3.05, 3.63) is 44.8 Å². The summed E-state index contributed by atoms with van der Waals surface area (Å²) in [5, 5.41) is 18.4. The molecule has 0 radical (unpaired) electrons. The molecule has 0 spiro atoms. The van der Waals surface area contributed by atoms with Crippen molar-refractivity contribution in [2.75, 3.05) is 14.2 Å². The van der Waals surface area contributed by atoms with Crippen molar-refractivity contribution in [3.63, 3.8) is 0 Å². The maximum atomic E-state index is 12.3. The standard InChI is InChI=1S/C17H13Br2N3O4/c1-25-12-4-3-8(5-13(12)26-2)16(23)22-21-15-10-6-9(18)7-11(19)14(10)20-17(15)24/h3-7,20,24H,1-2H3. The van der Waals surface area contributed by atoms with Gasteiger partial charge in [0.05, 0.1) is 19.7 Å². The summed E-state index contributed by atoms with van der Waals surface area (Å²) in [5.41, 5.74) is 1.11. The third-order valence-electron chi connectivity index (χ3n) is 3.65. The number of hydrogen-bond acceptors (Lipinski definition) is 5. The van der Waals surface area contributed by atoms with Gasteiger partial charge in [0, 0.05) is 19.9 Å². The highest BCUT2D eigenvalue weighted by atomic mass is 79.9. The molecule has 0 aliphatic heterocycles. The predicted molar refractivity (Wildman–Crippen MR) is 104 cm³/mol. The molecule has 3 aromatic rings. The van der Waals surface area contributed by atoms with Gasteiger partial charge in [0.2, 0.25) is 5.88 Å². The molecule has 134 valence electrons. The second kappa shape index (κ2) is 7.46. The number of nitrogens with one attached hydrogen (secondary N) is 1. The summed E-state index contributed by atoms with van der Waals surface area (Å²) in [4.78, 5) is 15.1. The van der Waals surface area contributed by atoms with E-state index in [1.54, 1.807) is 18.2 Å². The smallest absolute Gasteiger partial charge is 0.295 e. The maximum absolute atomic E-state index is 12.3. The minimum atomic E-state index is -0.575. The summed E-state index contributed by atoms with van der Waals surface area (Å²) >= 11 is 6.79. The van der Waals surface area contributed by atoms with Gasteiger partial charge in [-0.25, -0.2) is 0 Å². The Bertz CT molecular complexity index is 1030. The van der Waals surface area contributed by atoms with Gasteiger partial charge in [0.1, 0.15) is 0 Å². The first-order valence-corrected chi connectivity index (χ1v) is 8.91. The van der Waals surface area contributed by atoms with Gasteiger partial charge in [0.15, 0.2) is 17.2 Å². The molecule has 3 rings (SSSR count). The number of H-pyrrole nitrogens is 1. The van der Waals surface area contributed by atoms with E-state index in [2.05, 4.69) is 47.1 Å². The van der Waals surface area contributed by atoms with Crippen LogP contribution in [-0.4, -0.2) is 30.2 Å². The van der Waals surface area contributed by atoms with Crippen LogP contribution in [0.4, 0.5) is 5.69 Å². The fourth-order valence-electron chi connectivity index (χ4n) is 2.42. The van der Waals surface area contributed by atoms with E-state index in [0.717, 1.165) is 8.95 Å². The number of aromatic hydroxyl groups is 1. The number of amides is 1. The fourth-order valence-corrected chi connectivity index (χ4v) is 3.74. The molecule has 1 amide bonds. The van der Waals surface area contributed by atoms with Gasteiger partial charge in [-0.1, -0.05) is 15.9 Å². The number of rotatable bonds is 4. The van der Waals surface area contributed by atoms with Crippen molar-refractivity contribution in [2.24, 2.45) is 10.2 Å². The summed E-state index contributed by atoms with van der Waals surface area (Å²) in [6.07, 6.45) is 0. The summed E-state index contributed by atoms with van der Waals surface area (Å²) in [6, 6.07) is 8.28. The Labute approximate surface area is 165 Å². The Kier molecular flexibility index (Phi) is 5.28. The molecule has 1 heterocycles. The number of aromatic amines is 1. The van der Waals surface area contributed by atoms with Crippen LogP contribution in [0.2, 0.25) is 0 Å². The van der Waals surface area contributed by atoms with E-state index in [1.807, 2.05) is 6.07 Å². The molecule has 9 heteroatoms. The number of carbonyl (C=O) groups is 1. The number of hydrogen-bond donors (Lipinski definition) is 2. The van der Waals surface area contributed by atoms with Gasteiger partial charge in [-0.15, -0.1) is 10.2 Å². The molecule has 2 aromatic carbocycles. The van der Waals surface area contributed by atoms with Crippen LogP contribution in [0, 0.1) is 0 Å². The summed E-state index contributed by atoms with van der Waals surface area (Å²) in [6.45, 7) is 0. The average Bonchev–Trinajstić information content (AvgIpc) is 2.94. The van der Waals surface area contributed by atoms with Crippen LogP contribution >= 0.6 is 31.9 Å². The Morgan fingerprint density at radius 3 is 2.54 bits per heavy atom. The summed E-state index contributed by atoms with van der Waals surface area (Å²) in [5.74, 6) is 0.165. The number of ether oxygens (including phenoxy) is 2. The molecule has 1 aromatic heterocycles. The lowest BCUT2D eigenvalue weighted by Crippen LogP contribution is -1.97. The third kappa shape index (κ3) is 3.45. The number of nitrogens with zero attached hydrogens (tertiary/aromatic N) is 2.